The predicted octanol–water partition coefficient (Wildman–Crippen LogP) is 0.782. The second-order valence-corrected chi connectivity index (χ2v) is 6.16. The zero-order chi connectivity index (χ0) is 16.0. The number of halogens is 1. The van der Waals surface area contributed by atoms with Crippen molar-refractivity contribution in [3.63, 3.8) is 0 Å². The summed E-state index contributed by atoms with van der Waals surface area (Å²) in [7, 11) is 0. The molecule has 2 aromatic heterocycles. The molecule has 0 spiro atoms. The molecule has 0 bridgehead atoms. The van der Waals surface area contributed by atoms with Crippen LogP contribution in [0.2, 0.25) is 0 Å². The van der Waals surface area contributed by atoms with Gasteiger partial charge in [0.15, 0.2) is 11.6 Å². The van der Waals surface area contributed by atoms with Gasteiger partial charge in [0, 0.05) is 32.2 Å². The predicted molar refractivity (Wildman–Crippen MR) is 82.5 cm³/mol. The van der Waals surface area contributed by atoms with Crippen molar-refractivity contribution in [1.82, 2.24) is 29.6 Å². The van der Waals surface area contributed by atoms with E-state index in [4.69, 9.17) is 0 Å². The molecule has 7 nitrogen and oxygen atoms in total. The van der Waals surface area contributed by atoms with Crippen LogP contribution in [0.5, 0.6) is 0 Å². The van der Waals surface area contributed by atoms with Crippen molar-refractivity contribution < 1.29 is 4.39 Å². The average molecular weight is 317 g/mol. The van der Waals surface area contributed by atoms with E-state index in [1.54, 1.807) is 0 Å². The molecule has 0 unspecified atom stereocenters. The fraction of sp³-hybridized carbons (Fsp3) is 0.600. The molecule has 0 radical (unpaired) electrons. The lowest BCUT2D eigenvalue weighted by Crippen LogP contribution is -2.61. The second kappa shape index (κ2) is 5.52. The standard InChI is InChI=1S/C15H20FN7/c1-3-12-14(16)15(18-9-17-12)22-6-11(7-22)21-4-5-23-10(2)19-20-13(23)8-21/h9,11H,3-8H2,1-2H3. The molecule has 0 amide bonds. The Kier molecular flexibility index (Phi) is 3.48. The molecule has 1 saturated heterocycles. The molecule has 23 heavy (non-hydrogen) atoms. The first-order chi connectivity index (χ1) is 11.2. The molecule has 2 aliphatic heterocycles. The summed E-state index contributed by atoms with van der Waals surface area (Å²) in [5.74, 6) is 2.16. The van der Waals surface area contributed by atoms with Crippen LogP contribution in [0.1, 0.15) is 24.3 Å². The van der Waals surface area contributed by atoms with Gasteiger partial charge in [-0.15, -0.1) is 10.2 Å². The molecule has 4 heterocycles. The van der Waals surface area contributed by atoms with Gasteiger partial charge >= 0.3 is 0 Å². The molecule has 1 fully saturated rings. The molecule has 122 valence electrons. The Morgan fingerprint density at radius 2 is 2.04 bits per heavy atom. The van der Waals surface area contributed by atoms with Crippen LogP contribution in [-0.2, 0) is 19.5 Å². The van der Waals surface area contributed by atoms with E-state index in [0.717, 1.165) is 44.4 Å². The van der Waals surface area contributed by atoms with Gasteiger partial charge in [0.05, 0.1) is 12.2 Å². The summed E-state index contributed by atoms with van der Waals surface area (Å²) >= 11 is 0. The zero-order valence-electron chi connectivity index (χ0n) is 13.4. The lowest BCUT2D eigenvalue weighted by Gasteiger charge is -2.47. The highest BCUT2D eigenvalue weighted by molar-refractivity contribution is 5.44. The molecule has 0 saturated carbocycles. The van der Waals surface area contributed by atoms with Crippen molar-refractivity contribution in [3.05, 3.63) is 29.5 Å². The summed E-state index contributed by atoms with van der Waals surface area (Å²) < 4.78 is 16.5. The Labute approximate surface area is 134 Å². The lowest BCUT2D eigenvalue weighted by atomic mass is 10.1. The molecule has 0 N–H and O–H groups in total. The third kappa shape index (κ3) is 2.37. The van der Waals surface area contributed by atoms with Crippen molar-refractivity contribution in [1.29, 1.82) is 0 Å². The van der Waals surface area contributed by atoms with Gasteiger partial charge in [-0.05, 0) is 13.3 Å². The van der Waals surface area contributed by atoms with E-state index < -0.39 is 0 Å². The van der Waals surface area contributed by atoms with Crippen LogP contribution in [0, 0.1) is 12.7 Å². The number of fused-ring (bicyclic) bond motifs is 1. The van der Waals surface area contributed by atoms with Crippen molar-refractivity contribution in [2.24, 2.45) is 0 Å². The minimum absolute atomic E-state index is 0.275. The van der Waals surface area contributed by atoms with Gasteiger partial charge < -0.3 is 9.47 Å². The number of aryl methyl sites for hydroxylation is 2. The van der Waals surface area contributed by atoms with E-state index in [1.165, 1.54) is 6.33 Å². The van der Waals surface area contributed by atoms with Crippen molar-refractivity contribution in [3.8, 4) is 0 Å². The first-order valence-corrected chi connectivity index (χ1v) is 8.04. The van der Waals surface area contributed by atoms with E-state index in [1.807, 2.05) is 18.7 Å². The van der Waals surface area contributed by atoms with Gasteiger partial charge in [0.1, 0.15) is 18.0 Å². The van der Waals surface area contributed by atoms with Crippen LogP contribution < -0.4 is 4.90 Å². The van der Waals surface area contributed by atoms with Gasteiger partial charge in [0.25, 0.3) is 0 Å². The molecule has 2 aliphatic rings. The minimum atomic E-state index is -0.275. The normalized spacial score (nSPS) is 18.8. The van der Waals surface area contributed by atoms with Gasteiger partial charge in [-0.2, -0.15) is 0 Å². The smallest absolute Gasteiger partial charge is 0.187 e. The summed E-state index contributed by atoms with van der Waals surface area (Å²) in [5.41, 5.74) is 0.486. The van der Waals surface area contributed by atoms with Gasteiger partial charge in [-0.3, -0.25) is 4.90 Å². The van der Waals surface area contributed by atoms with Gasteiger partial charge in [-0.1, -0.05) is 6.92 Å². The Bertz CT molecular complexity index is 723. The first-order valence-electron chi connectivity index (χ1n) is 8.04. The Hall–Kier alpha value is -2.09. The van der Waals surface area contributed by atoms with Crippen LogP contribution in [0.15, 0.2) is 6.33 Å². The fourth-order valence-electron chi connectivity index (χ4n) is 3.36. The topological polar surface area (TPSA) is 63.0 Å². The van der Waals surface area contributed by atoms with Crippen LogP contribution in [0.3, 0.4) is 0 Å². The average Bonchev–Trinajstić information content (AvgIpc) is 2.88. The quantitative estimate of drug-likeness (QED) is 0.834. The summed E-state index contributed by atoms with van der Waals surface area (Å²) in [5, 5.41) is 8.38. The Morgan fingerprint density at radius 3 is 2.83 bits per heavy atom. The van der Waals surface area contributed by atoms with E-state index >= 15 is 0 Å². The summed E-state index contributed by atoms with van der Waals surface area (Å²) in [6, 6.07) is 0.417. The van der Waals surface area contributed by atoms with Crippen LogP contribution in [-0.4, -0.2) is 55.3 Å². The summed E-state index contributed by atoms with van der Waals surface area (Å²) in [6.45, 7) is 8.20. The fourth-order valence-corrected chi connectivity index (χ4v) is 3.36. The maximum Gasteiger partial charge on any atom is 0.187 e. The Balaban J connectivity index is 1.43. The van der Waals surface area contributed by atoms with E-state index in [0.29, 0.717) is 24.0 Å². The second-order valence-electron chi connectivity index (χ2n) is 6.16. The summed E-state index contributed by atoms with van der Waals surface area (Å²) in [6.07, 6.45) is 2.04. The monoisotopic (exact) mass is 317 g/mol. The molecule has 0 aromatic carbocycles. The molecular weight excluding hydrogens is 297 g/mol. The van der Waals surface area contributed by atoms with Gasteiger partial charge in [0.2, 0.25) is 0 Å². The highest BCUT2D eigenvalue weighted by Crippen LogP contribution is 2.27. The molecular formula is C15H20FN7. The summed E-state index contributed by atoms with van der Waals surface area (Å²) in [4.78, 5) is 12.5. The number of hydrogen-bond donors (Lipinski definition) is 0. The number of nitrogens with zero attached hydrogens (tertiary/aromatic N) is 7. The number of anilines is 1. The largest absolute Gasteiger partial charge is 0.351 e. The van der Waals surface area contributed by atoms with Crippen LogP contribution >= 0.6 is 0 Å². The van der Waals surface area contributed by atoms with E-state index in [2.05, 4.69) is 29.6 Å². The van der Waals surface area contributed by atoms with Crippen molar-refractivity contribution >= 4 is 5.82 Å². The highest BCUT2D eigenvalue weighted by atomic mass is 19.1. The molecule has 0 atom stereocenters. The minimum Gasteiger partial charge on any atom is -0.351 e. The van der Waals surface area contributed by atoms with Crippen LogP contribution in [0.4, 0.5) is 10.2 Å². The lowest BCUT2D eigenvalue weighted by molar-refractivity contribution is 0.127. The Morgan fingerprint density at radius 1 is 1.22 bits per heavy atom. The third-order valence-corrected chi connectivity index (χ3v) is 4.82. The maximum absolute atomic E-state index is 14.3. The number of hydrogen-bond acceptors (Lipinski definition) is 6. The van der Waals surface area contributed by atoms with E-state index in [9.17, 15) is 4.39 Å². The maximum atomic E-state index is 14.3. The highest BCUT2D eigenvalue weighted by Gasteiger charge is 2.36. The first kappa shape index (κ1) is 14.5. The number of aromatic nitrogens is 5. The SMILES string of the molecule is CCc1ncnc(N2CC(N3CCn4c(C)nnc4C3)C2)c1F. The third-order valence-electron chi connectivity index (χ3n) is 4.82. The molecule has 0 aliphatic carbocycles. The molecule has 8 heteroatoms. The van der Waals surface area contributed by atoms with Gasteiger partial charge in [-0.25, -0.2) is 14.4 Å². The molecule has 2 aromatic rings. The van der Waals surface area contributed by atoms with E-state index in [-0.39, 0.29) is 5.82 Å². The number of rotatable bonds is 3. The van der Waals surface area contributed by atoms with Crippen molar-refractivity contribution in [2.75, 3.05) is 24.5 Å². The van der Waals surface area contributed by atoms with Crippen molar-refractivity contribution in [2.45, 2.75) is 39.4 Å². The van der Waals surface area contributed by atoms with Crippen LogP contribution in [0.25, 0.3) is 0 Å². The molecule has 4 rings (SSSR count). The zero-order valence-corrected chi connectivity index (χ0v) is 13.4.